The van der Waals surface area contributed by atoms with Crippen molar-refractivity contribution in [3.63, 3.8) is 0 Å². The van der Waals surface area contributed by atoms with Crippen molar-refractivity contribution in [1.82, 2.24) is 4.90 Å². The molecule has 8 heteroatoms. The van der Waals surface area contributed by atoms with E-state index in [1.807, 2.05) is 60.7 Å². The van der Waals surface area contributed by atoms with Gasteiger partial charge in [-0.25, -0.2) is 9.59 Å². The predicted molar refractivity (Wildman–Crippen MR) is 154 cm³/mol. The zero-order valence-electron chi connectivity index (χ0n) is 23.8. The first kappa shape index (κ1) is 29.3. The van der Waals surface area contributed by atoms with Gasteiger partial charge >= 0.3 is 11.9 Å². The van der Waals surface area contributed by atoms with Gasteiger partial charge in [-0.2, -0.15) is 0 Å². The lowest BCUT2D eigenvalue weighted by atomic mass is 9.83. The topological polar surface area (TPSA) is 83.5 Å². The van der Waals surface area contributed by atoms with Crippen molar-refractivity contribution in [2.75, 3.05) is 27.4 Å². The Hall–Kier alpha value is -4.72. The average Bonchev–Trinajstić information content (AvgIpc) is 3.00. The van der Waals surface area contributed by atoms with E-state index in [0.29, 0.717) is 41.4 Å². The van der Waals surface area contributed by atoms with E-state index in [0.717, 1.165) is 16.9 Å². The van der Waals surface area contributed by atoms with E-state index >= 15 is 0 Å². The summed E-state index contributed by atoms with van der Waals surface area (Å²) in [6, 6.07) is 22.8. The smallest absolute Gasteiger partial charge is 0.336 e. The Morgan fingerprint density at radius 3 is 1.93 bits per heavy atom. The molecule has 3 aromatic carbocycles. The number of rotatable bonds is 12. The number of benzene rings is 3. The molecule has 4 rings (SSSR count). The number of carbonyl (C=O) groups excluding carboxylic acids is 2. The highest BCUT2D eigenvalue weighted by molar-refractivity contribution is 5.98. The van der Waals surface area contributed by atoms with Crippen LogP contribution in [-0.4, -0.2) is 44.3 Å². The van der Waals surface area contributed by atoms with E-state index < -0.39 is 17.9 Å². The van der Waals surface area contributed by atoms with Gasteiger partial charge in [-0.3, -0.25) is 0 Å². The maximum Gasteiger partial charge on any atom is 0.336 e. The standard InChI is InChI=1S/C33H35NO7/c1-5-39-32(35)27-20-34(19-23-12-15-26(37-3)16-13-23)21-28(33(36)40-6-2)31(27)25-14-17-29(30(18-25)38-4)41-22-24-10-8-7-9-11-24/h7-18,20-21,31H,5-6,19,22H2,1-4H3. The number of nitrogens with zero attached hydrogens (tertiary/aromatic N) is 1. The molecule has 0 radical (unpaired) electrons. The molecule has 1 aliphatic heterocycles. The van der Waals surface area contributed by atoms with Gasteiger partial charge in [0.25, 0.3) is 0 Å². The third-order valence-electron chi connectivity index (χ3n) is 6.54. The Kier molecular flexibility index (Phi) is 10.0. The van der Waals surface area contributed by atoms with Gasteiger partial charge in [0.1, 0.15) is 12.4 Å². The van der Waals surface area contributed by atoms with Crippen molar-refractivity contribution in [3.05, 3.63) is 113 Å². The van der Waals surface area contributed by atoms with Gasteiger partial charge in [-0.05, 0) is 54.8 Å². The molecule has 0 spiro atoms. The molecule has 0 fully saturated rings. The summed E-state index contributed by atoms with van der Waals surface area (Å²) in [5.41, 5.74) is 3.26. The van der Waals surface area contributed by atoms with Gasteiger partial charge in [-0.15, -0.1) is 0 Å². The summed E-state index contributed by atoms with van der Waals surface area (Å²) in [6.07, 6.45) is 3.45. The first-order chi connectivity index (χ1) is 20.0. The van der Waals surface area contributed by atoms with Crippen LogP contribution in [0.5, 0.6) is 17.2 Å². The minimum Gasteiger partial charge on any atom is -0.497 e. The second-order valence-corrected chi connectivity index (χ2v) is 9.25. The van der Waals surface area contributed by atoms with Crippen molar-refractivity contribution in [3.8, 4) is 17.2 Å². The number of methoxy groups -OCH3 is 2. The van der Waals surface area contributed by atoms with Crippen LogP contribution < -0.4 is 14.2 Å². The molecule has 41 heavy (non-hydrogen) atoms. The SMILES string of the molecule is CCOC(=O)C1=CN(Cc2ccc(OC)cc2)C=C(C(=O)OCC)C1c1ccc(OCc2ccccc2)c(OC)c1. The molecule has 214 valence electrons. The summed E-state index contributed by atoms with van der Waals surface area (Å²) in [4.78, 5) is 28.4. The average molecular weight is 558 g/mol. The third-order valence-corrected chi connectivity index (χ3v) is 6.54. The molecular weight excluding hydrogens is 522 g/mol. The van der Waals surface area contributed by atoms with Gasteiger partial charge < -0.3 is 28.6 Å². The lowest BCUT2D eigenvalue weighted by molar-refractivity contribution is -0.139. The molecular formula is C33H35NO7. The van der Waals surface area contributed by atoms with Crippen LogP contribution in [0.4, 0.5) is 0 Å². The largest absolute Gasteiger partial charge is 0.497 e. The fraction of sp³-hybridized carbons (Fsp3) is 0.273. The van der Waals surface area contributed by atoms with Crippen LogP contribution in [0.15, 0.2) is 96.3 Å². The number of esters is 2. The Labute approximate surface area is 240 Å². The quantitative estimate of drug-likeness (QED) is 0.259. The second kappa shape index (κ2) is 14.1. The zero-order valence-corrected chi connectivity index (χ0v) is 23.8. The van der Waals surface area contributed by atoms with E-state index in [1.54, 1.807) is 57.5 Å². The maximum absolute atomic E-state index is 13.3. The number of hydrogen-bond acceptors (Lipinski definition) is 8. The maximum atomic E-state index is 13.3. The summed E-state index contributed by atoms with van der Waals surface area (Å²) in [5, 5.41) is 0. The van der Waals surface area contributed by atoms with Crippen LogP contribution in [0.1, 0.15) is 36.5 Å². The first-order valence-electron chi connectivity index (χ1n) is 13.5. The van der Waals surface area contributed by atoms with E-state index in [-0.39, 0.29) is 13.2 Å². The number of hydrogen-bond donors (Lipinski definition) is 0. The van der Waals surface area contributed by atoms with Crippen molar-refractivity contribution in [2.24, 2.45) is 0 Å². The summed E-state index contributed by atoms with van der Waals surface area (Å²) < 4.78 is 27.8. The van der Waals surface area contributed by atoms with Crippen LogP contribution in [-0.2, 0) is 32.2 Å². The Morgan fingerprint density at radius 1 is 0.732 bits per heavy atom. The van der Waals surface area contributed by atoms with E-state index in [1.165, 1.54) is 0 Å². The van der Waals surface area contributed by atoms with Gasteiger partial charge in [0.15, 0.2) is 11.5 Å². The third kappa shape index (κ3) is 7.28. The molecule has 1 heterocycles. The van der Waals surface area contributed by atoms with Crippen LogP contribution in [0.2, 0.25) is 0 Å². The molecule has 0 atom stereocenters. The molecule has 0 saturated carbocycles. The van der Waals surface area contributed by atoms with Gasteiger partial charge in [0.05, 0.1) is 44.5 Å². The van der Waals surface area contributed by atoms with Crippen LogP contribution in [0.25, 0.3) is 0 Å². The molecule has 0 unspecified atom stereocenters. The lowest BCUT2D eigenvalue weighted by Crippen LogP contribution is -2.29. The van der Waals surface area contributed by atoms with E-state index in [2.05, 4.69) is 0 Å². The highest BCUT2D eigenvalue weighted by atomic mass is 16.5. The van der Waals surface area contributed by atoms with Crippen LogP contribution in [0, 0.1) is 0 Å². The summed E-state index contributed by atoms with van der Waals surface area (Å²) in [6.45, 7) is 4.65. The summed E-state index contributed by atoms with van der Waals surface area (Å²) >= 11 is 0. The Bertz CT molecular complexity index is 1360. The molecule has 0 aromatic heterocycles. The van der Waals surface area contributed by atoms with Gasteiger partial charge in [-0.1, -0.05) is 48.5 Å². The van der Waals surface area contributed by atoms with Crippen LogP contribution in [0.3, 0.4) is 0 Å². The van der Waals surface area contributed by atoms with Crippen molar-refractivity contribution in [2.45, 2.75) is 32.9 Å². The summed E-state index contributed by atoms with van der Waals surface area (Å²) in [7, 11) is 3.16. The molecule has 8 nitrogen and oxygen atoms in total. The second-order valence-electron chi connectivity index (χ2n) is 9.25. The fourth-order valence-electron chi connectivity index (χ4n) is 4.59. The van der Waals surface area contributed by atoms with Gasteiger partial charge in [0.2, 0.25) is 0 Å². The van der Waals surface area contributed by atoms with Crippen molar-refractivity contribution >= 4 is 11.9 Å². The highest BCUT2D eigenvalue weighted by Gasteiger charge is 2.36. The molecule has 3 aromatic rings. The first-order valence-corrected chi connectivity index (χ1v) is 13.5. The van der Waals surface area contributed by atoms with Crippen molar-refractivity contribution < 1.29 is 33.3 Å². The zero-order chi connectivity index (χ0) is 29.2. The normalized spacial score (nSPS) is 13.1. The van der Waals surface area contributed by atoms with E-state index in [4.69, 9.17) is 23.7 Å². The fourth-order valence-corrected chi connectivity index (χ4v) is 4.59. The molecule has 0 aliphatic carbocycles. The van der Waals surface area contributed by atoms with Crippen molar-refractivity contribution in [1.29, 1.82) is 0 Å². The number of ether oxygens (including phenoxy) is 5. The predicted octanol–water partition coefficient (Wildman–Crippen LogP) is 5.78. The molecule has 1 aliphatic rings. The molecule has 0 amide bonds. The highest BCUT2D eigenvalue weighted by Crippen LogP contribution is 2.41. The Morgan fingerprint density at radius 2 is 1.37 bits per heavy atom. The van der Waals surface area contributed by atoms with Gasteiger partial charge in [0, 0.05) is 18.9 Å². The molecule has 0 saturated heterocycles. The van der Waals surface area contributed by atoms with Crippen LogP contribution >= 0.6 is 0 Å². The summed E-state index contributed by atoms with van der Waals surface area (Å²) in [5.74, 6) is -0.0164. The number of carbonyl (C=O) groups is 2. The van der Waals surface area contributed by atoms with E-state index in [9.17, 15) is 9.59 Å². The monoisotopic (exact) mass is 557 g/mol. The molecule has 0 bridgehead atoms. The minimum absolute atomic E-state index is 0.190. The Balaban J connectivity index is 1.71. The molecule has 0 N–H and O–H groups in total. The lowest BCUT2D eigenvalue weighted by Gasteiger charge is -2.30. The minimum atomic E-state index is -0.739.